The summed E-state index contributed by atoms with van der Waals surface area (Å²) in [6.07, 6.45) is 3.83. The highest BCUT2D eigenvalue weighted by molar-refractivity contribution is 7.13. The van der Waals surface area contributed by atoms with Crippen LogP contribution in [0, 0.1) is 19.3 Å². The van der Waals surface area contributed by atoms with Crippen LogP contribution in [0.25, 0.3) is 16.1 Å². The van der Waals surface area contributed by atoms with Crippen LogP contribution < -0.4 is 15.4 Å². The smallest absolute Gasteiger partial charge is 0.246 e. The highest BCUT2D eigenvalue weighted by Gasteiger charge is 2.44. The Morgan fingerprint density at radius 3 is 2.27 bits per heavy atom. The molecule has 0 radical (unpaired) electrons. The van der Waals surface area contributed by atoms with Gasteiger partial charge in [0, 0.05) is 74.6 Å². The number of likely N-dealkylation sites (tertiary alicyclic amines) is 1. The summed E-state index contributed by atoms with van der Waals surface area (Å²) < 4.78 is 19.3. The van der Waals surface area contributed by atoms with Crippen LogP contribution in [0.2, 0.25) is 0 Å². The summed E-state index contributed by atoms with van der Waals surface area (Å²) in [5.41, 5.74) is 12.5. The van der Waals surface area contributed by atoms with E-state index < -0.39 is 41.5 Å². The van der Waals surface area contributed by atoms with Crippen LogP contribution in [0.15, 0.2) is 106 Å². The maximum atomic E-state index is 14.0. The molecule has 5 aromatic rings. The number of hydrogen-bond acceptors (Lipinski definition) is 13. The van der Waals surface area contributed by atoms with Crippen LogP contribution in [-0.4, -0.2) is 117 Å². The second-order valence-electron chi connectivity index (χ2n) is 20.5. The fourth-order valence-corrected chi connectivity index (χ4v) is 10.4. The van der Waals surface area contributed by atoms with Gasteiger partial charge in [0.1, 0.15) is 30.8 Å². The van der Waals surface area contributed by atoms with Gasteiger partial charge < -0.3 is 34.9 Å². The summed E-state index contributed by atoms with van der Waals surface area (Å²) in [7, 11) is 0. The number of rotatable bonds is 22. The van der Waals surface area contributed by atoms with Crippen molar-refractivity contribution in [2.24, 2.45) is 10.4 Å². The van der Waals surface area contributed by atoms with Gasteiger partial charge in [-0.05, 0) is 86.9 Å². The van der Waals surface area contributed by atoms with Gasteiger partial charge >= 0.3 is 0 Å². The number of β-amino-alcohol motifs (C(OH)–C–C–N with tert-alkyl or cyclic N) is 1. The number of aryl methyl sites for hydroxylation is 3. The second-order valence-corrected chi connectivity index (χ2v) is 21.4. The fourth-order valence-electron chi connectivity index (χ4n) is 9.57. The third-order valence-corrected chi connectivity index (χ3v) is 14.7. The number of carbonyl (C=O) groups is 4. The zero-order valence-corrected chi connectivity index (χ0v) is 44.3. The second kappa shape index (κ2) is 24.1. The predicted octanol–water partition coefficient (Wildman–Crippen LogP) is 8.43. The van der Waals surface area contributed by atoms with Gasteiger partial charge in [0.15, 0.2) is 11.6 Å². The number of amides is 3. The van der Waals surface area contributed by atoms with Crippen molar-refractivity contribution >= 4 is 51.9 Å². The van der Waals surface area contributed by atoms with Crippen LogP contribution in [0.3, 0.4) is 0 Å². The molecule has 17 heteroatoms. The number of hydrogen-bond donors (Lipinski definition) is 3. The number of aliphatic hydroxyl groups excluding tert-OH is 1. The molecule has 2 aliphatic heterocycles. The van der Waals surface area contributed by atoms with Crippen molar-refractivity contribution in [1.29, 1.82) is 0 Å². The lowest BCUT2D eigenvalue weighted by atomic mass is 9.85. The van der Waals surface area contributed by atoms with Crippen LogP contribution in [0.1, 0.15) is 107 Å². The lowest BCUT2D eigenvalue weighted by molar-refractivity contribution is -0.144. The van der Waals surface area contributed by atoms with Crippen LogP contribution >= 0.6 is 11.3 Å². The average molecular weight is 1030 g/mol. The van der Waals surface area contributed by atoms with Crippen molar-refractivity contribution in [2.45, 2.75) is 118 Å². The van der Waals surface area contributed by atoms with E-state index in [1.807, 2.05) is 74.2 Å². The van der Waals surface area contributed by atoms with Crippen LogP contribution in [0.4, 0.5) is 5.69 Å². The normalized spacial score (nSPS) is 17.9. The van der Waals surface area contributed by atoms with Crippen molar-refractivity contribution in [3.05, 3.63) is 130 Å². The molecule has 0 saturated carbocycles. The first-order valence-electron chi connectivity index (χ1n) is 25.5. The van der Waals surface area contributed by atoms with Crippen molar-refractivity contribution in [1.82, 2.24) is 30.0 Å². The number of allylic oxidation sites excluding steroid dienone is 4. The van der Waals surface area contributed by atoms with Gasteiger partial charge in [-0.2, -0.15) is 0 Å². The number of aliphatic imine (C=N–C) groups is 1. The van der Waals surface area contributed by atoms with Crippen molar-refractivity contribution in [3.8, 4) is 16.2 Å². The Kier molecular flexibility index (Phi) is 17.5. The van der Waals surface area contributed by atoms with Gasteiger partial charge in [-0.15, -0.1) is 21.5 Å². The first-order chi connectivity index (χ1) is 35.5. The Morgan fingerprint density at radius 1 is 0.865 bits per heavy atom. The molecule has 0 bridgehead atoms. The molecule has 3 amide bonds. The van der Waals surface area contributed by atoms with E-state index in [2.05, 4.69) is 70.9 Å². The fraction of sp³-hybridized carbons (Fsp3) is 0.439. The standard InChI is InChI=1S/C57H68N8O8S/c1-35-10-15-40(16-11-35)52-51-37(3)36(2)28-47(51)65-33-59-63-55(65)45(61-52)30-49(68)60-42-19-21-44(22-20-42)73-27-9-25-71-24-8-26-72-32-50(69)62-54(57(5,6)7)56(70)64-31-43(66)29-46(64)48(67)23-14-39-12-17-41(18-13-39)53-38(4)58-34-74-53/h10-13,15-22,33-34,43,45-46,54,66H,8-9,14,23-32H2,1-7H3,(H,60,68)(H,62,69)/t43?,45?,46-,54+/m0/s1. The highest BCUT2D eigenvalue weighted by Crippen LogP contribution is 2.42. The Hall–Kier alpha value is -6.66. The number of aromatic nitrogens is 4. The first kappa shape index (κ1) is 53.6. The maximum Gasteiger partial charge on any atom is 0.246 e. The Morgan fingerprint density at radius 2 is 1.57 bits per heavy atom. The van der Waals surface area contributed by atoms with Gasteiger partial charge in [0.25, 0.3) is 0 Å². The van der Waals surface area contributed by atoms with Gasteiger partial charge in [-0.25, -0.2) is 4.98 Å². The molecule has 4 atom stereocenters. The molecule has 3 N–H and O–H groups in total. The summed E-state index contributed by atoms with van der Waals surface area (Å²) >= 11 is 1.59. The number of thiazole rings is 1. The van der Waals surface area contributed by atoms with Crippen molar-refractivity contribution in [3.63, 3.8) is 0 Å². The number of Topliss-reactive ketones (excluding diaryl/α,β-unsaturated/α-hetero) is 1. The zero-order chi connectivity index (χ0) is 52.5. The minimum atomic E-state index is -0.932. The van der Waals surface area contributed by atoms with Gasteiger partial charge in [0.2, 0.25) is 17.7 Å². The third-order valence-electron chi connectivity index (χ3n) is 13.7. The summed E-state index contributed by atoms with van der Waals surface area (Å²) in [6, 6.07) is 21.4. The summed E-state index contributed by atoms with van der Waals surface area (Å²) in [5.74, 6) is 0.141. The molecule has 8 rings (SSSR count). The van der Waals surface area contributed by atoms with Gasteiger partial charge in [-0.3, -0.25) is 28.7 Å². The lowest BCUT2D eigenvalue weighted by Gasteiger charge is -2.35. The molecule has 2 unspecified atom stereocenters. The van der Waals surface area contributed by atoms with E-state index >= 15 is 0 Å². The van der Waals surface area contributed by atoms with Gasteiger partial charge in [-0.1, -0.05) is 80.4 Å². The largest absolute Gasteiger partial charge is 0.494 e. The number of ketones is 1. The van der Waals surface area contributed by atoms with Crippen molar-refractivity contribution in [2.75, 3.05) is 44.9 Å². The minimum Gasteiger partial charge on any atom is -0.494 e. The van der Waals surface area contributed by atoms with E-state index in [-0.39, 0.29) is 50.7 Å². The molecule has 0 spiro atoms. The molecule has 3 aliphatic rings. The van der Waals surface area contributed by atoms with Gasteiger partial charge in [0.05, 0.1) is 47.0 Å². The molecule has 4 heterocycles. The molecule has 1 saturated heterocycles. The highest BCUT2D eigenvalue weighted by atomic mass is 32.1. The third kappa shape index (κ3) is 13.2. The van der Waals surface area contributed by atoms with Crippen molar-refractivity contribution < 1.29 is 38.5 Å². The first-order valence-corrected chi connectivity index (χ1v) is 26.4. The Labute approximate surface area is 437 Å². The molecule has 2 aromatic heterocycles. The molecule has 3 aromatic carbocycles. The molecular weight excluding hydrogens is 957 g/mol. The zero-order valence-electron chi connectivity index (χ0n) is 43.5. The monoisotopic (exact) mass is 1020 g/mol. The molecule has 1 fully saturated rings. The molecule has 1 aliphatic carbocycles. The van der Waals surface area contributed by atoms with E-state index in [4.69, 9.17) is 19.2 Å². The molecule has 390 valence electrons. The SMILES string of the molecule is CC1=C(C)C2=C(C1)n1cnnc1C(CC(=O)Nc1ccc(OCCCOCCCOCC(=O)N[C@H](C(=O)N3CC(O)C[C@H]3C(=O)CCc3ccc(-c4scnc4C)cc3)C(C)(C)C)cc1)N=C2c1ccc(C)cc1. The Balaban J connectivity index is 0.715. The number of fused-ring (bicyclic) bond motifs is 2. The number of carbonyl (C=O) groups excluding carboxylic acids is 4. The summed E-state index contributed by atoms with van der Waals surface area (Å²) in [6.45, 7) is 15.3. The number of benzene rings is 3. The lowest BCUT2D eigenvalue weighted by Crippen LogP contribution is -2.57. The average Bonchev–Trinajstić information content (AvgIpc) is 4.18. The van der Waals surface area contributed by atoms with E-state index in [1.165, 1.54) is 16.0 Å². The van der Waals surface area contributed by atoms with E-state index in [0.29, 0.717) is 56.3 Å². The number of ether oxygens (including phenoxy) is 3. The topological polar surface area (TPSA) is 199 Å². The quantitative estimate of drug-likeness (QED) is 0.0563. The predicted molar refractivity (Wildman–Crippen MR) is 286 cm³/mol. The van der Waals surface area contributed by atoms with E-state index in [1.54, 1.807) is 29.8 Å². The Bertz CT molecular complexity index is 2900. The molecule has 74 heavy (non-hydrogen) atoms. The van der Waals surface area contributed by atoms with E-state index in [9.17, 15) is 24.3 Å². The number of nitrogens with zero attached hydrogens (tertiary/aromatic N) is 6. The van der Waals surface area contributed by atoms with Crippen LogP contribution in [0.5, 0.6) is 5.75 Å². The van der Waals surface area contributed by atoms with E-state index in [0.717, 1.165) is 56.2 Å². The maximum absolute atomic E-state index is 14.0. The number of anilines is 1. The minimum absolute atomic E-state index is 0.0251. The number of aliphatic hydroxyl groups is 1. The molecule has 16 nitrogen and oxygen atoms in total. The summed E-state index contributed by atoms with van der Waals surface area (Å²) in [5, 5.41) is 25.1. The number of nitrogens with one attached hydrogen (secondary N) is 2. The van der Waals surface area contributed by atoms with Crippen LogP contribution in [-0.2, 0) is 35.1 Å². The molecular formula is C57H68N8O8S. The summed E-state index contributed by atoms with van der Waals surface area (Å²) in [4.78, 5) is 66.3.